The third kappa shape index (κ3) is 1.97. The molecule has 4 aliphatic carbocycles. The van der Waals surface area contributed by atoms with Crippen LogP contribution < -0.4 is 0 Å². The van der Waals surface area contributed by atoms with E-state index in [9.17, 15) is 18.0 Å². The van der Waals surface area contributed by atoms with Gasteiger partial charge in [0.2, 0.25) is 0 Å². The highest BCUT2D eigenvalue weighted by atomic mass is 19.4. The SMILES string of the molecule is CC(C)(C)OC(=O)C1(C(F)(F)F)CC2CC1C1C3CCC(C3)C21. The molecule has 4 bridgehead atoms. The standard InChI is InChI=1S/C18H25F3O2/c1-16(2,3)23-15(22)17(18(19,20)21)8-11-7-12(17)14-10-5-4-9(6-10)13(11)14/h9-14H,4-8H2,1-3H3. The van der Waals surface area contributed by atoms with Crippen molar-refractivity contribution in [3.63, 3.8) is 0 Å². The predicted octanol–water partition coefficient (Wildman–Crippen LogP) is 4.58. The van der Waals surface area contributed by atoms with Gasteiger partial charge in [-0.15, -0.1) is 0 Å². The topological polar surface area (TPSA) is 26.3 Å². The van der Waals surface area contributed by atoms with Gasteiger partial charge in [-0.05, 0) is 88.4 Å². The second-order valence-electron chi connectivity index (χ2n) is 9.27. The normalized spacial score (nSPS) is 47.9. The number of hydrogen-bond acceptors (Lipinski definition) is 2. The molecule has 0 aromatic rings. The first kappa shape index (κ1) is 15.8. The largest absolute Gasteiger partial charge is 0.459 e. The Labute approximate surface area is 135 Å². The molecule has 7 atom stereocenters. The van der Waals surface area contributed by atoms with Crippen molar-refractivity contribution in [2.45, 2.75) is 64.7 Å². The summed E-state index contributed by atoms with van der Waals surface area (Å²) in [5.41, 5.74) is -3.14. The lowest BCUT2D eigenvalue weighted by Crippen LogP contribution is -2.55. The molecule has 4 aliphatic rings. The molecule has 0 aromatic carbocycles. The molecule has 4 fully saturated rings. The van der Waals surface area contributed by atoms with Gasteiger partial charge in [-0.1, -0.05) is 0 Å². The van der Waals surface area contributed by atoms with Gasteiger partial charge in [0, 0.05) is 0 Å². The molecule has 4 rings (SSSR count). The number of esters is 1. The van der Waals surface area contributed by atoms with Crippen molar-refractivity contribution in [3.8, 4) is 0 Å². The van der Waals surface area contributed by atoms with Crippen molar-refractivity contribution in [3.05, 3.63) is 0 Å². The molecule has 0 N–H and O–H groups in total. The maximum absolute atomic E-state index is 14.1. The lowest BCUT2D eigenvalue weighted by atomic mass is 9.60. The van der Waals surface area contributed by atoms with Gasteiger partial charge in [0.05, 0.1) is 0 Å². The van der Waals surface area contributed by atoms with Crippen LogP contribution in [0.15, 0.2) is 0 Å². The smallest absolute Gasteiger partial charge is 0.405 e. The van der Waals surface area contributed by atoms with Crippen LogP contribution in [-0.2, 0) is 9.53 Å². The molecule has 0 spiro atoms. The van der Waals surface area contributed by atoms with Crippen LogP contribution >= 0.6 is 0 Å². The number of halogens is 3. The fourth-order valence-electron chi connectivity index (χ4n) is 6.68. The molecular weight excluding hydrogens is 305 g/mol. The van der Waals surface area contributed by atoms with Gasteiger partial charge in [0.15, 0.2) is 5.41 Å². The highest BCUT2D eigenvalue weighted by Gasteiger charge is 2.77. The van der Waals surface area contributed by atoms with Gasteiger partial charge in [-0.25, -0.2) is 0 Å². The Morgan fingerprint density at radius 3 is 2.17 bits per heavy atom. The van der Waals surface area contributed by atoms with Gasteiger partial charge < -0.3 is 4.74 Å². The number of alkyl halides is 3. The third-order valence-corrected chi connectivity index (χ3v) is 7.10. The van der Waals surface area contributed by atoms with Crippen LogP contribution in [0.25, 0.3) is 0 Å². The molecular formula is C18H25F3O2. The number of carbonyl (C=O) groups is 1. The lowest BCUT2D eigenvalue weighted by Gasteiger charge is -2.46. The zero-order valence-electron chi connectivity index (χ0n) is 14.0. The van der Waals surface area contributed by atoms with Crippen molar-refractivity contribution in [1.29, 1.82) is 0 Å². The Bertz CT molecular complexity index is 535. The van der Waals surface area contributed by atoms with Crippen molar-refractivity contribution in [2.24, 2.45) is 40.9 Å². The van der Waals surface area contributed by atoms with Crippen molar-refractivity contribution >= 4 is 5.97 Å². The minimum Gasteiger partial charge on any atom is -0.459 e. The van der Waals surface area contributed by atoms with E-state index < -0.39 is 29.1 Å². The van der Waals surface area contributed by atoms with Crippen LogP contribution in [-0.4, -0.2) is 17.7 Å². The summed E-state index contributed by atoms with van der Waals surface area (Å²) >= 11 is 0. The number of carbonyl (C=O) groups excluding carboxylic acids is 1. The van der Waals surface area contributed by atoms with Gasteiger partial charge in [-0.3, -0.25) is 4.79 Å². The molecule has 7 unspecified atom stereocenters. The Morgan fingerprint density at radius 2 is 1.61 bits per heavy atom. The first-order chi connectivity index (χ1) is 10.5. The quantitative estimate of drug-likeness (QED) is 0.520. The van der Waals surface area contributed by atoms with Crippen LogP contribution in [0.2, 0.25) is 0 Å². The monoisotopic (exact) mass is 330 g/mol. The van der Waals surface area contributed by atoms with Crippen LogP contribution in [0.4, 0.5) is 13.2 Å². The summed E-state index contributed by atoms with van der Waals surface area (Å²) in [6, 6.07) is 0. The molecule has 0 radical (unpaired) electrons. The average Bonchev–Trinajstić information content (AvgIpc) is 3.13. The third-order valence-electron chi connectivity index (χ3n) is 7.10. The Kier molecular flexibility index (Phi) is 3.05. The van der Waals surface area contributed by atoms with E-state index in [0.29, 0.717) is 24.2 Å². The number of hydrogen-bond donors (Lipinski definition) is 0. The van der Waals surface area contributed by atoms with E-state index in [1.54, 1.807) is 20.8 Å². The van der Waals surface area contributed by atoms with E-state index in [1.165, 1.54) is 6.42 Å². The summed E-state index contributed by atoms with van der Waals surface area (Å²) in [6.07, 6.45) is -0.661. The minimum absolute atomic E-state index is 0.0412. The molecule has 0 aromatic heterocycles. The average molecular weight is 330 g/mol. The second-order valence-corrected chi connectivity index (χ2v) is 9.27. The fourth-order valence-corrected chi connectivity index (χ4v) is 6.68. The highest BCUT2D eigenvalue weighted by Crippen LogP contribution is 2.74. The van der Waals surface area contributed by atoms with E-state index in [2.05, 4.69) is 0 Å². The molecule has 23 heavy (non-hydrogen) atoms. The zero-order chi connectivity index (χ0) is 16.8. The summed E-state index contributed by atoms with van der Waals surface area (Å²) in [5, 5.41) is 0. The maximum atomic E-state index is 14.1. The molecule has 5 heteroatoms. The lowest BCUT2D eigenvalue weighted by molar-refractivity contribution is -0.261. The van der Waals surface area contributed by atoms with Crippen LogP contribution in [0.5, 0.6) is 0 Å². The van der Waals surface area contributed by atoms with Gasteiger partial charge in [-0.2, -0.15) is 13.2 Å². The van der Waals surface area contributed by atoms with Gasteiger partial charge in [0.25, 0.3) is 0 Å². The second kappa shape index (κ2) is 4.45. The molecule has 130 valence electrons. The summed E-state index contributed by atoms with van der Waals surface area (Å²) < 4.78 is 47.6. The Balaban J connectivity index is 1.71. The van der Waals surface area contributed by atoms with Gasteiger partial charge >= 0.3 is 12.1 Å². The summed E-state index contributed by atoms with van der Waals surface area (Å²) in [6.45, 7) is 4.92. The van der Waals surface area contributed by atoms with Crippen molar-refractivity contribution in [2.75, 3.05) is 0 Å². The van der Waals surface area contributed by atoms with Crippen molar-refractivity contribution in [1.82, 2.24) is 0 Å². The summed E-state index contributed by atoms with van der Waals surface area (Å²) in [4.78, 5) is 12.7. The maximum Gasteiger partial charge on any atom is 0.405 e. The molecule has 4 saturated carbocycles. The Morgan fingerprint density at radius 1 is 1.00 bits per heavy atom. The highest BCUT2D eigenvalue weighted by molar-refractivity contribution is 5.79. The zero-order valence-corrected chi connectivity index (χ0v) is 14.0. The molecule has 0 aliphatic heterocycles. The van der Waals surface area contributed by atoms with Crippen LogP contribution in [0.3, 0.4) is 0 Å². The van der Waals surface area contributed by atoms with Crippen molar-refractivity contribution < 1.29 is 22.7 Å². The summed E-state index contributed by atoms with van der Waals surface area (Å²) in [5.74, 6) is 0.0518. The number of fused-ring (bicyclic) bond motifs is 9. The van der Waals surface area contributed by atoms with Crippen LogP contribution in [0.1, 0.15) is 52.9 Å². The fraction of sp³-hybridized carbons (Fsp3) is 0.944. The number of rotatable bonds is 1. The van der Waals surface area contributed by atoms with E-state index >= 15 is 0 Å². The number of ether oxygens (including phenoxy) is 1. The minimum atomic E-state index is -4.51. The first-order valence-corrected chi connectivity index (χ1v) is 8.85. The van der Waals surface area contributed by atoms with E-state index in [4.69, 9.17) is 4.74 Å². The molecule has 0 heterocycles. The van der Waals surface area contributed by atoms with E-state index in [-0.39, 0.29) is 18.3 Å². The predicted molar refractivity (Wildman–Crippen MR) is 78.4 cm³/mol. The first-order valence-electron chi connectivity index (χ1n) is 8.85. The Hall–Kier alpha value is -0.740. The summed E-state index contributed by atoms with van der Waals surface area (Å²) in [7, 11) is 0. The van der Waals surface area contributed by atoms with E-state index in [1.807, 2.05) is 0 Å². The molecule has 2 nitrogen and oxygen atoms in total. The van der Waals surface area contributed by atoms with Gasteiger partial charge in [0.1, 0.15) is 5.60 Å². The van der Waals surface area contributed by atoms with E-state index in [0.717, 1.165) is 12.8 Å². The molecule has 0 saturated heterocycles. The van der Waals surface area contributed by atoms with Crippen LogP contribution in [0, 0.1) is 40.9 Å². The molecule has 0 amide bonds.